The first kappa shape index (κ1) is 23.7. The average molecular weight is 317 g/mol. The first-order chi connectivity index (χ1) is 10.6. The number of hydrogen-bond donors (Lipinski definition) is 1. The van der Waals surface area contributed by atoms with Crippen molar-refractivity contribution >= 4 is 5.97 Å². The molecule has 0 saturated carbocycles. The molecule has 22 heavy (non-hydrogen) atoms. The molecule has 1 atom stereocenters. The molecule has 0 aromatic heterocycles. The first-order valence-electron chi connectivity index (χ1n) is 9.42. The molecule has 0 aromatic carbocycles. The molecule has 134 valence electrons. The molecule has 3 heteroatoms. The molecule has 0 aromatic rings. The highest BCUT2D eigenvalue weighted by atomic mass is 16.5. The van der Waals surface area contributed by atoms with Crippen LogP contribution in [0, 0.1) is 0 Å². The molecule has 0 amide bonds. The molecular weight excluding hydrogens is 276 g/mol. The second-order valence-corrected chi connectivity index (χ2v) is 6.10. The van der Waals surface area contributed by atoms with Crippen LogP contribution in [0.15, 0.2) is 0 Å². The number of carbonyl (C=O) groups excluding carboxylic acids is 1. The van der Waals surface area contributed by atoms with Crippen molar-refractivity contribution in [2.24, 2.45) is 0 Å². The highest BCUT2D eigenvalue weighted by Gasteiger charge is 2.05. The Morgan fingerprint density at radius 2 is 1.23 bits per heavy atom. The lowest BCUT2D eigenvalue weighted by Crippen LogP contribution is -2.12. The Morgan fingerprint density at radius 3 is 1.59 bits per heavy atom. The van der Waals surface area contributed by atoms with Gasteiger partial charge < -0.3 is 9.84 Å². The topological polar surface area (TPSA) is 46.5 Å². The SMILES string of the molecule is CCCCCCCCCCC.CCCCOC(=O)CC(C)O. The second-order valence-electron chi connectivity index (χ2n) is 6.10. The summed E-state index contributed by atoms with van der Waals surface area (Å²) < 4.78 is 4.79. The van der Waals surface area contributed by atoms with Crippen LogP contribution in [0.4, 0.5) is 0 Å². The number of carbonyl (C=O) groups is 1. The van der Waals surface area contributed by atoms with Crippen LogP contribution in [0.5, 0.6) is 0 Å². The van der Waals surface area contributed by atoms with E-state index < -0.39 is 6.10 Å². The fourth-order valence-corrected chi connectivity index (χ4v) is 2.01. The summed E-state index contributed by atoms with van der Waals surface area (Å²) in [4.78, 5) is 10.7. The largest absolute Gasteiger partial charge is 0.466 e. The minimum absolute atomic E-state index is 0.101. The summed E-state index contributed by atoms with van der Waals surface area (Å²) in [7, 11) is 0. The summed E-state index contributed by atoms with van der Waals surface area (Å²) in [6.45, 7) is 8.62. The first-order valence-corrected chi connectivity index (χ1v) is 9.42. The van der Waals surface area contributed by atoms with Crippen molar-refractivity contribution in [2.45, 2.75) is 111 Å². The number of ether oxygens (including phenoxy) is 1. The molecule has 3 nitrogen and oxygen atoms in total. The van der Waals surface area contributed by atoms with Crippen LogP contribution in [0.1, 0.15) is 105 Å². The molecule has 1 N–H and O–H groups in total. The maximum atomic E-state index is 10.7. The Kier molecular flexibility index (Phi) is 22.0. The predicted octanol–water partition coefficient (Wildman–Crippen LogP) is 5.64. The summed E-state index contributed by atoms with van der Waals surface area (Å²) in [6.07, 6.45) is 14.4. The normalized spacial score (nSPS) is 11.5. The van der Waals surface area contributed by atoms with Gasteiger partial charge >= 0.3 is 5.97 Å². The number of aliphatic hydroxyl groups excluding tert-OH is 1. The third-order valence-corrected chi connectivity index (χ3v) is 3.43. The molecule has 0 aliphatic heterocycles. The van der Waals surface area contributed by atoms with Gasteiger partial charge in [0.1, 0.15) is 0 Å². The van der Waals surface area contributed by atoms with Gasteiger partial charge in [0.05, 0.1) is 19.1 Å². The van der Waals surface area contributed by atoms with Crippen molar-refractivity contribution in [3.8, 4) is 0 Å². The predicted molar refractivity (Wildman–Crippen MR) is 95.1 cm³/mol. The van der Waals surface area contributed by atoms with Gasteiger partial charge in [0, 0.05) is 0 Å². The quantitative estimate of drug-likeness (QED) is 0.353. The standard InChI is InChI=1S/C11H24.C8H16O3/c1-3-5-7-9-11-10-8-6-4-2;1-3-4-5-11-8(10)6-7(2)9/h3-11H2,1-2H3;7,9H,3-6H2,1-2H3. The van der Waals surface area contributed by atoms with Crippen LogP contribution in [-0.4, -0.2) is 23.8 Å². The van der Waals surface area contributed by atoms with E-state index in [9.17, 15) is 4.79 Å². The van der Waals surface area contributed by atoms with Crippen molar-refractivity contribution in [3.63, 3.8) is 0 Å². The minimum atomic E-state index is -0.593. The average Bonchev–Trinajstić information content (AvgIpc) is 2.47. The molecule has 0 aliphatic carbocycles. The van der Waals surface area contributed by atoms with E-state index in [0.29, 0.717) is 6.61 Å². The molecule has 0 fully saturated rings. The summed E-state index contributed by atoms with van der Waals surface area (Å²) >= 11 is 0. The third kappa shape index (κ3) is 24.4. The van der Waals surface area contributed by atoms with E-state index in [1.165, 1.54) is 57.8 Å². The van der Waals surface area contributed by atoms with Crippen molar-refractivity contribution in [2.75, 3.05) is 6.61 Å². The van der Waals surface area contributed by atoms with Crippen molar-refractivity contribution in [1.29, 1.82) is 0 Å². The van der Waals surface area contributed by atoms with Crippen LogP contribution in [-0.2, 0) is 9.53 Å². The number of aliphatic hydroxyl groups is 1. The van der Waals surface area contributed by atoms with Crippen LogP contribution in [0.3, 0.4) is 0 Å². The molecular formula is C19H40O3. The lowest BCUT2D eigenvalue weighted by Gasteiger charge is -2.04. The van der Waals surface area contributed by atoms with Gasteiger partial charge in [-0.15, -0.1) is 0 Å². The van der Waals surface area contributed by atoms with E-state index in [1.54, 1.807) is 6.92 Å². The number of esters is 1. The van der Waals surface area contributed by atoms with E-state index >= 15 is 0 Å². The van der Waals surface area contributed by atoms with Gasteiger partial charge in [-0.05, 0) is 13.3 Å². The summed E-state index contributed by atoms with van der Waals surface area (Å²) in [5.74, 6) is -0.312. The molecule has 0 spiro atoms. The maximum absolute atomic E-state index is 10.7. The lowest BCUT2D eigenvalue weighted by atomic mass is 10.1. The monoisotopic (exact) mass is 316 g/mol. The number of hydrogen-bond acceptors (Lipinski definition) is 3. The van der Waals surface area contributed by atoms with Gasteiger partial charge in [-0.2, -0.15) is 0 Å². The molecule has 0 radical (unpaired) electrons. The molecule has 0 saturated heterocycles. The summed E-state index contributed by atoms with van der Waals surface area (Å²) in [5.41, 5.74) is 0. The van der Waals surface area contributed by atoms with Gasteiger partial charge in [-0.25, -0.2) is 0 Å². The van der Waals surface area contributed by atoms with Crippen LogP contribution >= 0.6 is 0 Å². The van der Waals surface area contributed by atoms with E-state index in [-0.39, 0.29) is 12.4 Å². The van der Waals surface area contributed by atoms with Crippen LogP contribution < -0.4 is 0 Å². The van der Waals surface area contributed by atoms with E-state index in [1.807, 2.05) is 6.92 Å². The van der Waals surface area contributed by atoms with Crippen LogP contribution in [0.2, 0.25) is 0 Å². The van der Waals surface area contributed by atoms with Gasteiger partial charge in [-0.3, -0.25) is 4.79 Å². The Morgan fingerprint density at radius 1 is 0.818 bits per heavy atom. The zero-order valence-corrected chi connectivity index (χ0v) is 15.5. The van der Waals surface area contributed by atoms with Gasteiger partial charge in [0.15, 0.2) is 0 Å². The summed E-state index contributed by atoms with van der Waals surface area (Å²) in [5, 5.41) is 8.78. The van der Waals surface area contributed by atoms with E-state index in [4.69, 9.17) is 9.84 Å². The Hall–Kier alpha value is -0.570. The second kappa shape index (κ2) is 20.4. The Balaban J connectivity index is 0. The van der Waals surface area contributed by atoms with Crippen molar-refractivity contribution in [3.05, 3.63) is 0 Å². The van der Waals surface area contributed by atoms with Gasteiger partial charge in [0.25, 0.3) is 0 Å². The molecule has 1 unspecified atom stereocenters. The fourth-order valence-electron chi connectivity index (χ4n) is 2.01. The van der Waals surface area contributed by atoms with Gasteiger partial charge in [0.2, 0.25) is 0 Å². The number of rotatable bonds is 13. The summed E-state index contributed by atoms with van der Waals surface area (Å²) in [6, 6.07) is 0. The van der Waals surface area contributed by atoms with E-state index in [0.717, 1.165) is 12.8 Å². The van der Waals surface area contributed by atoms with Gasteiger partial charge in [-0.1, -0.05) is 85.0 Å². The fraction of sp³-hybridized carbons (Fsp3) is 0.947. The van der Waals surface area contributed by atoms with Crippen molar-refractivity contribution in [1.82, 2.24) is 0 Å². The Bertz CT molecular complexity index is 207. The highest BCUT2D eigenvalue weighted by molar-refractivity contribution is 5.69. The number of unbranched alkanes of at least 4 members (excludes halogenated alkanes) is 9. The zero-order valence-electron chi connectivity index (χ0n) is 15.5. The Labute approximate surface area is 138 Å². The third-order valence-electron chi connectivity index (χ3n) is 3.43. The van der Waals surface area contributed by atoms with Crippen LogP contribution in [0.25, 0.3) is 0 Å². The lowest BCUT2D eigenvalue weighted by molar-refractivity contribution is -0.145. The molecule has 0 heterocycles. The van der Waals surface area contributed by atoms with E-state index in [2.05, 4.69) is 13.8 Å². The maximum Gasteiger partial charge on any atom is 0.308 e. The molecule has 0 aliphatic rings. The molecule has 0 bridgehead atoms. The molecule has 0 rings (SSSR count). The minimum Gasteiger partial charge on any atom is -0.466 e. The zero-order chi connectivity index (χ0) is 17.1. The smallest absolute Gasteiger partial charge is 0.308 e. The van der Waals surface area contributed by atoms with Crippen molar-refractivity contribution < 1.29 is 14.6 Å². The highest BCUT2D eigenvalue weighted by Crippen LogP contribution is 2.08.